The van der Waals surface area contributed by atoms with Crippen molar-refractivity contribution in [1.29, 1.82) is 0 Å². The Morgan fingerprint density at radius 1 is 1.24 bits per heavy atom. The number of halogens is 2. The highest BCUT2D eigenvalue weighted by Crippen LogP contribution is 2.38. The molecule has 2 rings (SSSR count). The first-order valence-corrected chi connectivity index (χ1v) is 9.38. The van der Waals surface area contributed by atoms with Crippen LogP contribution in [-0.2, 0) is 25.6 Å². The summed E-state index contributed by atoms with van der Waals surface area (Å²) >= 11 is 0. The topological polar surface area (TPSA) is 74.3 Å². The number of hydrogen-bond acceptors (Lipinski definition) is 6. The van der Waals surface area contributed by atoms with Crippen LogP contribution in [0.1, 0.15) is 46.1 Å². The van der Waals surface area contributed by atoms with Gasteiger partial charge in [0.25, 0.3) is 0 Å². The van der Waals surface area contributed by atoms with Crippen molar-refractivity contribution in [3.8, 4) is 0 Å². The second-order valence-corrected chi connectivity index (χ2v) is 7.74. The molecule has 2 atom stereocenters. The Morgan fingerprint density at radius 3 is 2.45 bits per heavy atom. The molecule has 9 heteroatoms. The van der Waals surface area contributed by atoms with Gasteiger partial charge in [0.1, 0.15) is 18.3 Å². The highest BCUT2D eigenvalue weighted by molar-refractivity contribution is 5.70. The number of ether oxygens (including phenoxy) is 4. The molecule has 0 aromatic heterocycles. The minimum Gasteiger partial charge on any atom is -0.444 e. The molecule has 0 aliphatic carbocycles. The predicted octanol–water partition coefficient (Wildman–Crippen LogP) is 4.69. The third-order valence-electron chi connectivity index (χ3n) is 4.36. The smallest absolute Gasteiger partial charge is 0.444 e. The van der Waals surface area contributed by atoms with Crippen LogP contribution in [0.3, 0.4) is 0 Å². The Labute approximate surface area is 168 Å². The largest absolute Gasteiger partial charge is 0.508 e. The molecule has 0 N–H and O–H groups in total. The second-order valence-electron chi connectivity index (χ2n) is 7.74. The highest BCUT2D eigenvalue weighted by atomic mass is 19.3. The number of nitrogens with zero attached hydrogens (tertiary/aromatic N) is 1. The van der Waals surface area contributed by atoms with Crippen molar-refractivity contribution in [3.05, 3.63) is 35.9 Å². The van der Waals surface area contributed by atoms with Crippen molar-refractivity contribution in [2.24, 2.45) is 0 Å². The van der Waals surface area contributed by atoms with Gasteiger partial charge in [0, 0.05) is 6.42 Å². The fourth-order valence-electron chi connectivity index (χ4n) is 3.12. The molecule has 1 aromatic rings. The molecule has 0 bridgehead atoms. The molecule has 7 nitrogen and oxygen atoms in total. The molecule has 1 heterocycles. The Hall–Kier alpha value is -2.42. The summed E-state index contributed by atoms with van der Waals surface area (Å²) in [5.74, 6) is 0. The van der Waals surface area contributed by atoms with Gasteiger partial charge in [-0.1, -0.05) is 37.3 Å². The molecule has 0 unspecified atom stereocenters. The molecule has 1 aromatic carbocycles. The predicted molar refractivity (Wildman–Crippen MR) is 99.2 cm³/mol. The normalized spacial score (nSPS) is 21.9. The molecule has 0 saturated carbocycles. The number of carbonyl (C=O) groups excluding carboxylic acids is 2. The van der Waals surface area contributed by atoms with E-state index in [1.54, 1.807) is 52.0 Å². The number of carbonyl (C=O) groups is 2. The lowest BCUT2D eigenvalue weighted by atomic mass is 10.1. The maximum absolute atomic E-state index is 13.1. The van der Waals surface area contributed by atoms with Crippen LogP contribution >= 0.6 is 0 Å². The van der Waals surface area contributed by atoms with Gasteiger partial charge in [-0.05, 0) is 32.8 Å². The van der Waals surface area contributed by atoms with Crippen molar-refractivity contribution < 1.29 is 37.3 Å². The van der Waals surface area contributed by atoms with E-state index >= 15 is 0 Å². The van der Waals surface area contributed by atoms with Crippen LogP contribution in [-0.4, -0.2) is 47.7 Å². The van der Waals surface area contributed by atoms with Crippen molar-refractivity contribution in [2.75, 3.05) is 6.54 Å². The summed E-state index contributed by atoms with van der Waals surface area (Å²) in [5.41, 5.74) is -1.69. The Balaban J connectivity index is 2.05. The Kier molecular flexibility index (Phi) is 7.40. The maximum Gasteiger partial charge on any atom is 0.508 e. The van der Waals surface area contributed by atoms with Gasteiger partial charge in [0.2, 0.25) is 0 Å². The van der Waals surface area contributed by atoms with Crippen LogP contribution < -0.4 is 0 Å². The summed E-state index contributed by atoms with van der Waals surface area (Å²) in [7, 11) is 0. The number of alkyl halides is 2. The van der Waals surface area contributed by atoms with Gasteiger partial charge in [0.15, 0.2) is 5.72 Å². The molecule has 1 saturated heterocycles. The van der Waals surface area contributed by atoms with Crippen molar-refractivity contribution in [2.45, 2.75) is 71.2 Å². The van der Waals surface area contributed by atoms with Crippen LogP contribution in [0.5, 0.6) is 0 Å². The SMILES string of the molecule is CC[C@]1(OC(F)F)C[C@@H](OC(=O)OCc2ccccc2)CN1C(=O)OC(C)(C)C. The average molecular weight is 415 g/mol. The Morgan fingerprint density at radius 2 is 1.90 bits per heavy atom. The van der Waals surface area contributed by atoms with E-state index in [0.29, 0.717) is 0 Å². The minimum atomic E-state index is -3.11. The molecular formula is C20H27F2NO6. The van der Waals surface area contributed by atoms with Crippen LogP contribution in [0.25, 0.3) is 0 Å². The van der Waals surface area contributed by atoms with E-state index in [9.17, 15) is 18.4 Å². The average Bonchev–Trinajstić information content (AvgIpc) is 2.97. The number of amides is 1. The molecule has 162 valence electrons. The fourth-order valence-corrected chi connectivity index (χ4v) is 3.12. The monoisotopic (exact) mass is 415 g/mol. The number of likely N-dealkylation sites (tertiary alicyclic amines) is 1. The van der Waals surface area contributed by atoms with Crippen LogP contribution in [0.2, 0.25) is 0 Å². The van der Waals surface area contributed by atoms with Crippen LogP contribution in [0.4, 0.5) is 18.4 Å². The summed E-state index contributed by atoms with van der Waals surface area (Å²) in [5, 5.41) is 0. The minimum absolute atomic E-state index is 0.00856. The first-order chi connectivity index (χ1) is 13.5. The second kappa shape index (κ2) is 9.39. The number of rotatable bonds is 6. The maximum atomic E-state index is 13.1. The first kappa shape index (κ1) is 22.9. The fraction of sp³-hybridized carbons (Fsp3) is 0.600. The summed E-state index contributed by atoms with van der Waals surface area (Å²) in [6, 6.07) is 9.00. The number of benzene rings is 1. The first-order valence-electron chi connectivity index (χ1n) is 9.38. The van der Waals surface area contributed by atoms with E-state index in [1.165, 1.54) is 0 Å². The quantitative estimate of drug-likeness (QED) is 0.628. The van der Waals surface area contributed by atoms with Gasteiger partial charge >= 0.3 is 18.9 Å². The van der Waals surface area contributed by atoms with Gasteiger partial charge in [-0.3, -0.25) is 9.64 Å². The van der Waals surface area contributed by atoms with E-state index < -0.39 is 36.3 Å². The standard InChI is InChI=1S/C20H27F2NO6/c1-5-20(28-16(21)22)11-15(12-23(20)17(24)29-19(2,3)4)27-18(25)26-13-14-9-7-6-8-10-14/h6-10,15-16H,5,11-13H2,1-4H3/t15-,20+/m1/s1. The summed E-state index contributed by atoms with van der Waals surface area (Å²) < 4.78 is 46.5. The lowest BCUT2D eigenvalue weighted by Crippen LogP contribution is -2.51. The van der Waals surface area contributed by atoms with Gasteiger partial charge in [-0.15, -0.1) is 0 Å². The molecule has 1 amide bonds. The van der Waals surface area contributed by atoms with E-state index in [-0.39, 0.29) is 26.0 Å². The Bertz CT molecular complexity index is 694. The van der Waals surface area contributed by atoms with Crippen molar-refractivity contribution in [3.63, 3.8) is 0 Å². The zero-order chi connectivity index (χ0) is 21.7. The molecule has 1 aliphatic heterocycles. The van der Waals surface area contributed by atoms with Crippen molar-refractivity contribution in [1.82, 2.24) is 4.90 Å². The van der Waals surface area contributed by atoms with Gasteiger partial charge in [-0.2, -0.15) is 8.78 Å². The lowest BCUT2D eigenvalue weighted by Gasteiger charge is -2.37. The zero-order valence-electron chi connectivity index (χ0n) is 17.0. The molecule has 0 radical (unpaired) electrons. The van der Waals surface area contributed by atoms with E-state index in [0.717, 1.165) is 10.5 Å². The third-order valence-corrected chi connectivity index (χ3v) is 4.36. The summed E-state index contributed by atoms with van der Waals surface area (Å²) in [6.07, 6.45) is -2.69. The van der Waals surface area contributed by atoms with Gasteiger partial charge in [-0.25, -0.2) is 9.59 Å². The van der Waals surface area contributed by atoms with Crippen LogP contribution in [0, 0.1) is 0 Å². The number of hydrogen-bond donors (Lipinski definition) is 0. The molecular weight excluding hydrogens is 388 g/mol. The molecule has 1 fully saturated rings. The van der Waals surface area contributed by atoms with Crippen LogP contribution in [0.15, 0.2) is 30.3 Å². The molecule has 29 heavy (non-hydrogen) atoms. The van der Waals surface area contributed by atoms with E-state index in [2.05, 4.69) is 0 Å². The van der Waals surface area contributed by atoms with E-state index in [1.807, 2.05) is 6.07 Å². The van der Waals surface area contributed by atoms with Crippen molar-refractivity contribution >= 4 is 12.2 Å². The molecule has 0 spiro atoms. The summed E-state index contributed by atoms with van der Waals surface area (Å²) in [6.45, 7) is 3.36. The van der Waals surface area contributed by atoms with E-state index in [4.69, 9.17) is 18.9 Å². The van der Waals surface area contributed by atoms with Gasteiger partial charge < -0.3 is 14.2 Å². The lowest BCUT2D eigenvalue weighted by molar-refractivity contribution is -0.247. The molecule has 1 aliphatic rings. The third kappa shape index (κ3) is 6.56. The zero-order valence-corrected chi connectivity index (χ0v) is 17.0. The summed E-state index contributed by atoms with van der Waals surface area (Å²) in [4.78, 5) is 25.7. The van der Waals surface area contributed by atoms with Gasteiger partial charge in [0.05, 0.1) is 6.54 Å². The highest BCUT2D eigenvalue weighted by Gasteiger charge is 2.52.